The Morgan fingerprint density at radius 1 is 1.46 bits per heavy atom. The number of cyclic esters (lactones) is 1. The highest BCUT2D eigenvalue weighted by atomic mass is 127. The molecule has 2 atom stereocenters. The van der Waals surface area contributed by atoms with Gasteiger partial charge in [-0.2, -0.15) is 0 Å². The van der Waals surface area contributed by atoms with Crippen molar-refractivity contribution in [2.75, 3.05) is 13.2 Å². The van der Waals surface area contributed by atoms with Crippen molar-refractivity contribution in [2.24, 2.45) is 7.05 Å². The van der Waals surface area contributed by atoms with Crippen LogP contribution in [0.5, 0.6) is 0 Å². The molecule has 0 spiro atoms. The van der Waals surface area contributed by atoms with Gasteiger partial charge in [0.15, 0.2) is 5.60 Å². The molecule has 1 aliphatic rings. The van der Waals surface area contributed by atoms with Gasteiger partial charge in [0, 0.05) is 36.1 Å². The fourth-order valence-corrected chi connectivity index (χ4v) is 4.15. The molecule has 1 N–H and O–H groups in total. The smallest absolute Gasteiger partial charge is 0.334 e. The molecule has 0 amide bonds. The Balaban J connectivity index is 1.78. The number of nitrogens with zero attached hydrogens (tertiary/aromatic N) is 1. The standard InChI is InChI=1S/C21H24INO5/c1-3-5-17(22)20(26)27-13-21(12-24)11-15(19(25)28-21)10-14-6-4-7-18-16(14)8-9-23(18)2/h4,6-10,17,24H,3,5,11-13H2,1-2H3/b15-10+. The normalized spacial score (nSPS) is 21.9. The molecule has 1 aromatic carbocycles. The maximum absolute atomic E-state index is 12.4. The highest BCUT2D eigenvalue weighted by Crippen LogP contribution is 2.34. The summed E-state index contributed by atoms with van der Waals surface area (Å²) >= 11 is 2.05. The zero-order valence-electron chi connectivity index (χ0n) is 16.0. The molecule has 3 rings (SSSR count). The molecule has 6 nitrogen and oxygen atoms in total. The van der Waals surface area contributed by atoms with E-state index in [1.165, 1.54) is 0 Å². The number of hydrogen-bond acceptors (Lipinski definition) is 5. The van der Waals surface area contributed by atoms with Crippen molar-refractivity contribution in [1.82, 2.24) is 4.57 Å². The highest BCUT2D eigenvalue weighted by molar-refractivity contribution is 14.1. The molecule has 0 aliphatic carbocycles. The number of aromatic nitrogens is 1. The number of rotatable bonds is 7. The molecule has 7 heteroatoms. The maximum atomic E-state index is 12.4. The van der Waals surface area contributed by atoms with Crippen LogP contribution < -0.4 is 0 Å². The predicted molar refractivity (Wildman–Crippen MR) is 115 cm³/mol. The molecule has 1 saturated heterocycles. The average Bonchev–Trinajstić information content (AvgIpc) is 3.21. The molecule has 150 valence electrons. The van der Waals surface area contributed by atoms with Crippen LogP contribution >= 0.6 is 22.6 Å². The van der Waals surface area contributed by atoms with Crippen molar-refractivity contribution in [1.29, 1.82) is 0 Å². The second-order valence-corrected chi connectivity index (χ2v) is 8.65. The third-order valence-electron chi connectivity index (χ3n) is 4.94. The van der Waals surface area contributed by atoms with Gasteiger partial charge in [0.05, 0.1) is 6.61 Å². The first kappa shape index (κ1) is 20.9. The third-order valence-corrected chi connectivity index (χ3v) is 6.07. The Bertz CT molecular complexity index is 919. The summed E-state index contributed by atoms with van der Waals surface area (Å²) in [6.45, 7) is 1.44. The number of benzene rings is 1. The summed E-state index contributed by atoms with van der Waals surface area (Å²) in [5.41, 5.74) is 1.21. The van der Waals surface area contributed by atoms with Crippen LogP contribution in [0.3, 0.4) is 0 Å². The molecule has 2 unspecified atom stereocenters. The monoisotopic (exact) mass is 497 g/mol. The number of aliphatic hydroxyl groups excluding tert-OH is 1. The van der Waals surface area contributed by atoms with Gasteiger partial charge in [-0.05, 0) is 30.2 Å². The second-order valence-electron chi connectivity index (χ2n) is 7.15. The van der Waals surface area contributed by atoms with Gasteiger partial charge in [-0.3, -0.25) is 4.79 Å². The number of carbonyl (C=O) groups excluding carboxylic acids is 2. The summed E-state index contributed by atoms with van der Waals surface area (Å²) in [5.74, 6) is -0.838. The molecule has 1 fully saturated rings. The van der Waals surface area contributed by atoms with Crippen molar-refractivity contribution in [3.63, 3.8) is 0 Å². The van der Waals surface area contributed by atoms with E-state index >= 15 is 0 Å². The molecule has 0 saturated carbocycles. The van der Waals surface area contributed by atoms with Crippen LogP contribution in [0.4, 0.5) is 0 Å². The lowest BCUT2D eigenvalue weighted by Crippen LogP contribution is -2.40. The number of carbonyl (C=O) groups is 2. The first-order valence-corrected chi connectivity index (χ1v) is 10.5. The van der Waals surface area contributed by atoms with E-state index in [4.69, 9.17) is 9.47 Å². The average molecular weight is 497 g/mol. The Kier molecular flexibility index (Phi) is 6.44. The van der Waals surface area contributed by atoms with Crippen LogP contribution in [0.25, 0.3) is 17.0 Å². The number of aliphatic hydroxyl groups is 1. The van der Waals surface area contributed by atoms with Gasteiger partial charge in [-0.1, -0.05) is 48.1 Å². The van der Waals surface area contributed by atoms with Gasteiger partial charge in [0.2, 0.25) is 0 Å². The summed E-state index contributed by atoms with van der Waals surface area (Å²) in [5, 5.41) is 10.9. The van der Waals surface area contributed by atoms with Crippen molar-refractivity contribution in [3.05, 3.63) is 41.6 Å². The molecular weight excluding hydrogens is 473 g/mol. The lowest BCUT2D eigenvalue weighted by molar-refractivity contribution is -0.165. The largest absolute Gasteiger partial charge is 0.461 e. The molecule has 0 bridgehead atoms. The lowest BCUT2D eigenvalue weighted by Gasteiger charge is -2.24. The minimum Gasteiger partial charge on any atom is -0.461 e. The second kappa shape index (κ2) is 8.65. The Labute approximate surface area is 177 Å². The summed E-state index contributed by atoms with van der Waals surface area (Å²) < 4.78 is 12.6. The van der Waals surface area contributed by atoms with E-state index in [0.717, 1.165) is 29.3 Å². The van der Waals surface area contributed by atoms with Crippen LogP contribution in [0.15, 0.2) is 36.0 Å². The van der Waals surface area contributed by atoms with Crippen molar-refractivity contribution >= 4 is 51.5 Å². The minimum absolute atomic E-state index is 0.149. The van der Waals surface area contributed by atoms with Crippen LogP contribution in [0.1, 0.15) is 31.7 Å². The molecule has 1 aromatic heterocycles. The summed E-state index contributed by atoms with van der Waals surface area (Å²) in [4.78, 5) is 24.5. The zero-order valence-corrected chi connectivity index (χ0v) is 18.1. The van der Waals surface area contributed by atoms with Gasteiger partial charge in [0.1, 0.15) is 10.5 Å². The first-order chi connectivity index (χ1) is 13.4. The topological polar surface area (TPSA) is 77.8 Å². The molecule has 1 aliphatic heterocycles. The lowest BCUT2D eigenvalue weighted by atomic mass is 9.97. The van der Waals surface area contributed by atoms with E-state index in [9.17, 15) is 14.7 Å². The molecule has 2 heterocycles. The number of ether oxygens (including phenoxy) is 2. The number of halogens is 1. The third kappa shape index (κ3) is 4.25. The number of hydrogen-bond donors (Lipinski definition) is 1. The number of alkyl halides is 1. The fourth-order valence-electron chi connectivity index (χ4n) is 3.35. The first-order valence-electron chi connectivity index (χ1n) is 9.28. The quantitative estimate of drug-likeness (QED) is 0.275. The van der Waals surface area contributed by atoms with Crippen LogP contribution in [-0.4, -0.2) is 44.4 Å². The van der Waals surface area contributed by atoms with E-state index in [1.807, 2.05) is 71.6 Å². The number of esters is 2. The summed E-state index contributed by atoms with van der Waals surface area (Å²) in [6.07, 6.45) is 5.55. The summed E-state index contributed by atoms with van der Waals surface area (Å²) in [7, 11) is 1.97. The van der Waals surface area contributed by atoms with Gasteiger partial charge < -0.3 is 19.1 Å². The molecule has 28 heavy (non-hydrogen) atoms. The van der Waals surface area contributed by atoms with E-state index in [2.05, 4.69) is 0 Å². The van der Waals surface area contributed by atoms with Gasteiger partial charge in [-0.25, -0.2) is 4.79 Å². The van der Waals surface area contributed by atoms with E-state index in [0.29, 0.717) is 5.57 Å². The van der Waals surface area contributed by atoms with Gasteiger partial charge in [0.25, 0.3) is 0 Å². The van der Waals surface area contributed by atoms with Crippen LogP contribution in [-0.2, 0) is 26.1 Å². The van der Waals surface area contributed by atoms with Gasteiger partial charge in [-0.15, -0.1) is 0 Å². The molecular formula is C21H24INO5. The SMILES string of the molecule is CCCC(I)C(=O)OCC1(CO)C/C(=C\c2cccc3c2ccn3C)C(=O)O1. The Morgan fingerprint density at radius 3 is 2.96 bits per heavy atom. The fraction of sp³-hybridized carbons (Fsp3) is 0.429. The highest BCUT2D eigenvalue weighted by Gasteiger charge is 2.44. The predicted octanol–water partition coefficient (Wildman–Crippen LogP) is 3.39. The van der Waals surface area contributed by atoms with Crippen molar-refractivity contribution < 1.29 is 24.2 Å². The van der Waals surface area contributed by atoms with Crippen molar-refractivity contribution in [3.8, 4) is 0 Å². The van der Waals surface area contributed by atoms with Gasteiger partial charge >= 0.3 is 11.9 Å². The van der Waals surface area contributed by atoms with E-state index in [1.54, 1.807) is 6.08 Å². The number of aryl methyl sites for hydroxylation is 1. The van der Waals surface area contributed by atoms with Crippen molar-refractivity contribution in [2.45, 2.75) is 35.7 Å². The number of fused-ring (bicyclic) bond motifs is 1. The molecule has 0 radical (unpaired) electrons. The van der Waals surface area contributed by atoms with E-state index < -0.39 is 18.2 Å². The Hall–Kier alpha value is -1.87. The zero-order chi connectivity index (χ0) is 20.3. The minimum atomic E-state index is -1.22. The summed E-state index contributed by atoms with van der Waals surface area (Å²) in [6, 6.07) is 7.88. The van der Waals surface area contributed by atoms with Crippen LogP contribution in [0.2, 0.25) is 0 Å². The Morgan fingerprint density at radius 2 is 2.25 bits per heavy atom. The van der Waals surface area contributed by atoms with E-state index in [-0.39, 0.29) is 22.9 Å². The maximum Gasteiger partial charge on any atom is 0.334 e. The van der Waals surface area contributed by atoms with Crippen LogP contribution in [0, 0.1) is 0 Å². The molecule has 2 aromatic rings.